The molecule has 0 aromatic heterocycles. The molecule has 8 nitrogen and oxygen atoms in total. The quantitative estimate of drug-likeness (QED) is 0.703. The normalized spacial score (nSPS) is 25.2. The average molecular weight is 450 g/mol. The second kappa shape index (κ2) is 8.78. The van der Waals surface area contributed by atoms with E-state index < -0.39 is 10.0 Å². The number of carbonyl (C=O) groups excluding carboxylic acids is 2. The Morgan fingerprint density at radius 1 is 1.10 bits per heavy atom. The molecule has 1 aromatic rings. The highest BCUT2D eigenvalue weighted by atomic mass is 32.2. The summed E-state index contributed by atoms with van der Waals surface area (Å²) >= 11 is 0. The Morgan fingerprint density at radius 3 is 2.45 bits per heavy atom. The zero-order chi connectivity index (χ0) is 22.2. The lowest BCUT2D eigenvalue weighted by molar-refractivity contribution is -0.134. The van der Waals surface area contributed by atoms with Crippen molar-refractivity contribution in [3.05, 3.63) is 18.2 Å². The number of nitrogens with zero attached hydrogens (tertiary/aromatic N) is 3. The van der Waals surface area contributed by atoms with Gasteiger partial charge in [-0.15, -0.1) is 0 Å². The first-order chi connectivity index (χ1) is 14.8. The Balaban J connectivity index is 1.59. The number of anilines is 1. The van der Waals surface area contributed by atoms with Crippen molar-refractivity contribution in [2.75, 3.05) is 44.2 Å². The first-order valence-electron chi connectivity index (χ1n) is 11.1. The molecule has 2 atom stereocenters. The first-order valence-corrected chi connectivity index (χ1v) is 12.5. The maximum atomic E-state index is 13.1. The van der Waals surface area contributed by atoms with Gasteiger partial charge in [-0.3, -0.25) is 14.5 Å². The van der Waals surface area contributed by atoms with Crippen LogP contribution in [0.25, 0.3) is 0 Å². The number of likely N-dealkylation sites (tertiary alicyclic amines) is 1. The molecule has 1 aromatic carbocycles. The third kappa shape index (κ3) is 4.57. The van der Waals surface area contributed by atoms with E-state index >= 15 is 0 Å². The van der Waals surface area contributed by atoms with Gasteiger partial charge in [0, 0.05) is 26.2 Å². The smallest absolute Gasteiger partial charge is 0.265 e. The summed E-state index contributed by atoms with van der Waals surface area (Å²) in [5, 5.41) is 0. The predicted octanol–water partition coefficient (Wildman–Crippen LogP) is 2.09. The number of amides is 2. The van der Waals surface area contributed by atoms with Gasteiger partial charge < -0.3 is 9.64 Å². The molecular weight excluding hydrogens is 418 g/mol. The minimum absolute atomic E-state index is 0.109. The molecule has 3 aliphatic heterocycles. The van der Waals surface area contributed by atoms with Gasteiger partial charge in [0.25, 0.3) is 5.91 Å². The summed E-state index contributed by atoms with van der Waals surface area (Å²) in [5.74, 6) is 0.795. The van der Waals surface area contributed by atoms with E-state index in [1.807, 2.05) is 4.90 Å². The topological polar surface area (TPSA) is 87.2 Å². The molecule has 31 heavy (non-hydrogen) atoms. The van der Waals surface area contributed by atoms with Gasteiger partial charge in [0.2, 0.25) is 15.9 Å². The molecule has 0 unspecified atom stereocenters. The molecule has 3 aliphatic rings. The molecule has 3 heterocycles. The number of ether oxygens (including phenoxy) is 1. The lowest BCUT2D eigenvalue weighted by Crippen LogP contribution is -2.50. The lowest BCUT2D eigenvalue weighted by atomic mass is 9.92. The second-order valence-corrected chi connectivity index (χ2v) is 11.0. The Bertz CT molecular complexity index is 948. The van der Waals surface area contributed by atoms with Gasteiger partial charge in [-0.2, -0.15) is 4.31 Å². The van der Waals surface area contributed by atoms with Crippen LogP contribution in [-0.4, -0.2) is 68.8 Å². The van der Waals surface area contributed by atoms with Crippen LogP contribution in [0.4, 0.5) is 5.69 Å². The van der Waals surface area contributed by atoms with Gasteiger partial charge in [0.05, 0.1) is 10.6 Å². The third-order valence-electron chi connectivity index (χ3n) is 6.34. The second-order valence-electron chi connectivity index (χ2n) is 9.11. The molecule has 0 bridgehead atoms. The van der Waals surface area contributed by atoms with E-state index in [9.17, 15) is 18.0 Å². The summed E-state index contributed by atoms with van der Waals surface area (Å²) in [6.45, 7) is 6.35. The van der Waals surface area contributed by atoms with Gasteiger partial charge in [-0.25, -0.2) is 8.42 Å². The van der Waals surface area contributed by atoms with Crippen molar-refractivity contribution >= 4 is 27.5 Å². The molecule has 0 radical (unpaired) electrons. The van der Waals surface area contributed by atoms with Gasteiger partial charge in [0.1, 0.15) is 12.3 Å². The SMILES string of the molecule is C[C@@H]1C[C@@H](C)CN(C(=O)CN2C(=O)COc3ccc(S(=O)(=O)N4CCCCC4)cc32)C1. The highest BCUT2D eigenvalue weighted by molar-refractivity contribution is 7.89. The summed E-state index contributed by atoms with van der Waals surface area (Å²) in [6.07, 6.45) is 3.81. The van der Waals surface area contributed by atoms with E-state index in [1.54, 1.807) is 6.07 Å². The molecule has 170 valence electrons. The van der Waals surface area contributed by atoms with Crippen LogP contribution in [-0.2, 0) is 19.6 Å². The van der Waals surface area contributed by atoms with Crippen molar-refractivity contribution in [1.29, 1.82) is 0 Å². The van der Waals surface area contributed by atoms with E-state index in [1.165, 1.54) is 21.3 Å². The maximum Gasteiger partial charge on any atom is 0.265 e. The standard InChI is InChI=1S/C22H31N3O5S/c1-16-10-17(2)13-23(12-16)21(26)14-25-19-11-18(6-7-20(19)30-15-22(25)27)31(28,29)24-8-4-3-5-9-24/h6-7,11,16-17H,3-5,8-10,12-15H2,1-2H3/t16-,17-/m1/s1. The fourth-order valence-electron chi connectivity index (χ4n) is 4.87. The summed E-state index contributed by atoms with van der Waals surface area (Å²) < 4.78 is 33.2. The predicted molar refractivity (Wildman–Crippen MR) is 116 cm³/mol. The van der Waals surface area contributed by atoms with Gasteiger partial charge in [0.15, 0.2) is 6.61 Å². The molecule has 0 aliphatic carbocycles. The fourth-order valence-corrected chi connectivity index (χ4v) is 6.41. The Labute approximate surface area is 184 Å². The third-order valence-corrected chi connectivity index (χ3v) is 8.24. The Kier molecular flexibility index (Phi) is 6.25. The fraction of sp³-hybridized carbons (Fsp3) is 0.636. The molecule has 0 spiro atoms. The zero-order valence-corrected chi connectivity index (χ0v) is 19.1. The van der Waals surface area contributed by atoms with E-state index in [0.29, 0.717) is 49.5 Å². The molecule has 2 saturated heterocycles. The van der Waals surface area contributed by atoms with Crippen LogP contribution in [0.3, 0.4) is 0 Å². The first kappa shape index (κ1) is 22.1. The number of hydrogen-bond donors (Lipinski definition) is 0. The highest BCUT2D eigenvalue weighted by Crippen LogP contribution is 2.35. The van der Waals surface area contributed by atoms with Crippen molar-refractivity contribution < 1.29 is 22.7 Å². The monoisotopic (exact) mass is 449 g/mol. The Morgan fingerprint density at radius 2 is 1.77 bits per heavy atom. The average Bonchev–Trinajstić information content (AvgIpc) is 2.75. The molecule has 2 amide bonds. The molecule has 0 saturated carbocycles. The highest BCUT2D eigenvalue weighted by Gasteiger charge is 2.33. The number of fused-ring (bicyclic) bond motifs is 1. The zero-order valence-electron chi connectivity index (χ0n) is 18.2. The van der Waals surface area contributed by atoms with Gasteiger partial charge in [-0.05, 0) is 49.3 Å². The molecule has 4 rings (SSSR count). The van der Waals surface area contributed by atoms with Gasteiger partial charge >= 0.3 is 0 Å². The summed E-state index contributed by atoms with van der Waals surface area (Å²) in [4.78, 5) is 29.0. The molecule has 9 heteroatoms. The van der Waals surface area contributed by atoms with Crippen LogP contribution in [0.2, 0.25) is 0 Å². The van der Waals surface area contributed by atoms with Crippen molar-refractivity contribution in [2.45, 2.75) is 44.4 Å². The number of sulfonamides is 1. The minimum Gasteiger partial charge on any atom is -0.482 e. The number of piperidine rings is 2. The van der Waals surface area contributed by atoms with Crippen molar-refractivity contribution in [1.82, 2.24) is 9.21 Å². The van der Waals surface area contributed by atoms with Crippen molar-refractivity contribution in [3.63, 3.8) is 0 Å². The largest absolute Gasteiger partial charge is 0.482 e. The van der Waals surface area contributed by atoms with Crippen LogP contribution >= 0.6 is 0 Å². The number of carbonyl (C=O) groups is 2. The Hall–Kier alpha value is -2.13. The van der Waals surface area contributed by atoms with Crippen LogP contribution in [0.5, 0.6) is 5.75 Å². The molecule has 0 N–H and O–H groups in total. The van der Waals surface area contributed by atoms with Crippen LogP contribution < -0.4 is 9.64 Å². The van der Waals surface area contributed by atoms with Crippen LogP contribution in [0.15, 0.2) is 23.1 Å². The van der Waals surface area contributed by atoms with Crippen molar-refractivity contribution in [2.24, 2.45) is 11.8 Å². The number of hydrogen-bond acceptors (Lipinski definition) is 5. The maximum absolute atomic E-state index is 13.1. The van der Waals surface area contributed by atoms with Crippen molar-refractivity contribution in [3.8, 4) is 5.75 Å². The van der Waals surface area contributed by atoms with Crippen LogP contribution in [0.1, 0.15) is 39.5 Å². The summed E-state index contributed by atoms with van der Waals surface area (Å²) in [6, 6.07) is 4.58. The minimum atomic E-state index is -3.66. The molecule has 2 fully saturated rings. The van der Waals surface area contributed by atoms with E-state index in [2.05, 4.69) is 13.8 Å². The molecular formula is C22H31N3O5S. The van der Waals surface area contributed by atoms with E-state index in [-0.39, 0.29) is 29.9 Å². The van der Waals surface area contributed by atoms with E-state index in [4.69, 9.17) is 4.74 Å². The summed E-state index contributed by atoms with van der Waals surface area (Å²) in [7, 11) is -3.66. The van der Waals surface area contributed by atoms with Crippen LogP contribution in [0, 0.1) is 11.8 Å². The van der Waals surface area contributed by atoms with Gasteiger partial charge in [-0.1, -0.05) is 20.3 Å². The number of benzene rings is 1. The van der Waals surface area contributed by atoms with E-state index in [0.717, 1.165) is 25.7 Å². The number of rotatable bonds is 4. The summed E-state index contributed by atoms with van der Waals surface area (Å²) in [5.41, 5.74) is 0.348. The lowest BCUT2D eigenvalue weighted by Gasteiger charge is -2.37.